The molecule has 0 aliphatic rings. The van der Waals surface area contributed by atoms with Crippen molar-refractivity contribution in [3.8, 4) is 0 Å². The van der Waals surface area contributed by atoms with Gasteiger partial charge in [-0.2, -0.15) is 0 Å². The lowest BCUT2D eigenvalue weighted by atomic mass is 10.1. The number of nitrogens with zero attached hydrogens (tertiary/aromatic N) is 1. The van der Waals surface area contributed by atoms with Gasteiger partial charge in [0, 0.05) is 38.8 Å². The Morgan fingerprint density at radius 3 is 1.79 bits per heavy atom. The Bertz CT molecular complexity index is 187. The van der Waals surface area contributed by atoms with Gasteiger partial charge in [-0.1, -0.05) is 27.7 Å². The minimum absolute atomic E-state index is 0.0426. The zero-order chi connectivity index (χ0) is 14.7. The van der Waals surface area contributed by atoms with E-state index >= 15 is 0 Å². The van der Waals surface area contributed by atoms with E-state index in [1.54, 1.807) is 0 Å². The molecular weight excluding hydrogens is 238 g/mol. The first kappa shape index (κ1) is 18.9. The first-order chi connectivity index (χ1) is 9.08. The normalized spacial score (nSPS) is 12.3. The molecule has 3 nitrogen and oxygen atoms in total. The van der Waals surface area contributed by atoms with Crippen LogP contribution in [0.15, 0.2) is 0 Å². The van der Waals surface area contributed by atoms with Gasteiger partial charge in [0.1, 0.15) is 0 Å². The topological polar surface area (TPSA) is 21.7 Å². The van der Waals surface area contributed by atoms with E-state index < -0.39 is 0 Å². The van der Waals surface area contributed by atoms with Crippen molar-refractivity contribution in [1.82, 2.24) is 4.90 Å². The molecule has 19 heavy (non-hydrogen) atoms. The number of hydrogen-bond acceptors (Lipinski definition) is 3. The van der Waals surface area contributed by atoms with Crippen LogP contribution in [0.25, 0.3) is 0 Å². The van der Waals surface area contributed by atoms with Crippen molar-refractivity contribution in [2.45, 2.75) is 73.1 Å². The summed E-state index contributed by atoms with van der Waals surface area (Å²) < 4.78 is 11.3. The number of hydrogen-bond donors (Lipinski definition) is 0. The summed E-state index contributed by atoms with van der Waals surface area (Å²) in [6.07, 6.45) is 3.36. The molecule has 3 heteroatoms. The molecule has 0 rings (SSSR count). The molecule has 0 aromatic heterocycles. The van der Waals surface area contributed by atoms with E-state index in [1.807, 2.05) is 13.8 Å². The molecule has 0 spiro atoms. The molecule has 0 bridgehead atoms. The third-order valence-corrected chi connectivity index (χ3v) is 3.42. The monoisotopic (exact) mass is 273 g/mol. The first-order valence-electron chi connectivity index (χ1n) is 8.06. The summed E-state index contributed by atoms with van der Waals surface area (Å²) in [4.78, 5) is 2.61. The summed E-state index contributed by atoms with van der Waals surface area (Å²) in [5.41, 5.74) is 0. The second-order valence-electron chi connectivity index (χ2n) is 5.49. The van der Waals surface area contributed by atoms with Crippen molar-refractivity contribution in [1.29, 1.82) is 0 Å². The predicted molar refractivity (Wildman–Crippen MR) is 82.4 cm³/mol. The van der Waals surface area contributed by atoms with Crippen LogP contribution in [0.3, 0.4) is 0 Å². The largest absolute Gasteiger partial charge is 0.353 e. The standard InChI is InChI=1S/C16H35NO2/c1-7-15(8-2)17(13-14(5)6)12-11-16(18-9-3)19-10-4/h14-16H,7-13H2,1-6H3. The molecule has 0 saturated carbocycles. The average molecular weight is 273 g/mol. The fourth-order valence-corrected chi connectivity index (χ4v) is 2.55. The Morgan fingerprint density at radius 1 is 0.895 bits per heavy atom. The summed E-state index contributed by atoms with van der Waals surface area (Å²) in [6, 6.07) is 0.686. The van der Waals surface area contributed by atoms with Gasteiger partial charge in [0.25, 0.3) is 0 Å². The number of ether oxygens (including phenoxy) is 2. The van der Waals surface area contributed by atoms with Crippen molar-refractivity contribution in [2.24, 2.45) is 5.92 Å². The van der Waals surface area contributed by atoms with E-state index in [9.17, 15) is 0 Å². The van der Waals surface area contributed by atoms with Gasteiger partial charge in [-0.25, -0.2) is 0 Å². The predicted octanol–water partition coefficient (Wildman–Crippen LogP) is 3.92. The lowest BCUT2D eigenvalue weighted by Gasteiger charge is -2.33. The SMILES string of the molecule is CCOC(CCN(CC(C)C)C(CC)CC)OCC. The molecular formula is C16H35NO2. The Kier molecular flexibility index (Phi) is 11.6. The maximum atomic E-state index is 5.64. The van der Waals surface area contributed by atoms with Crippen LogP contribution in [0, 0.1) is 5.92 Å². The Hall–Kier alpha value is -0.120. The molecule has 0 aromatic carbocycles. The van der Waals surface area contributed by atoms with Crippen LogP contribution in [0.1, 0.15) is 60.8 Å². The fourth-order valence-electron chi connectivity index (χ4n) is 2.55. The van der Waals surface area contributed by atoms with E-state index in [0.29, 0.717) is 12.0 Å². The minimum atomic E-state index is -0.0426. The highest BCUT2D eigenvalue weighted by molar-refractivity contribution is 4.71. The quantitative estimate of drug-likeness (QED) is 0.503. The molecule has 0 amide bonds. The maximum Gasteiger partial charge on any atom is 0.158 e. The summed E-state index contributed by atoms with van der Waals surface area (Å²) >= 11 is 0. The fraction of sp³-hybridized carbons (Fsp3) is 1.00. The molecule has 0 radical (unpaired) electrons. The van der Waals surface area contributed by atoms with Crippen LogP contribution < -0.4 is 0 Å². The molecule has 116 valence electrons. The molecule has 0 atom stereocenters. The molecule has 0 aromatic rings. The zero-order valence-corrected chi connectivity index (χ0v) is 13.9. The molecule has 0 aliphatic heterocycles. The second-order valence-corrected chi connectivity index (χ2v) is 5.49. The van der Waals surface area contributed by atoms with E-state index in [-0.39, 0.29) is 6.29 Å². The van der Waals surface area contributed by atoms with E-state index in [1.165, 1.54) is 12.8 Å². The molecule has 0 N–H and O–H groups in total. The molecule has 0 unspecified atom stereocenters. The van der Waals surface area contributed by atoms with Gasteiger partial charge in [-0.15, -0.1) is 0 Å². The van der Waals surface area contributed by atoms with E-state index in [4.69, 9.17) is 9.47 Å². The highest BCUT2D eigenvalue weighted by Gasteiger charge is 2.18. The van der Waals surface area contributed by atoms with Gasteiger partial charge >= 0.3 is 0 Å². The maximum absolute atomic E-state index is 5.64. The third kappa shape index (κ3) is 8.61. The Morgan fingerprint density at radius 2 is 1.42 bits per heavy atom. The van der Waals surface area contributed by atoms with Gasteiger partial charge in [-0.3, -0.25) is 4.90 Å². The number of rotatable bonds is 12. The highest BCUT2D eigenvalue weighted by atomic mass is 16.7. The lowest BCUT2D eigenvalue weighted by molar-refractivity contribution is -0.142. The van der Waals surface area contributed by atoms with Crippen LogP contribution in [-0.2, 0) is 9.47 Å². The van der Waals surface area contributed by atoms with Gasteiger partial charge in [0.15, 0.2) is 6.29 Å². The van der Waals surface area contributed by atoms with Crippen molar-refractivity contribution in [2.75, 3.05) is 26.3 Å². The van der Waals surface area contributed by atoms with Gasteiger partial charge in [0.05, 0.1) is 0 Å². The zero-order valence-electron chi connectivity index (χ0n) is 13.9. The summed E-state index contributed by atoms with van der Waals surface area (Å²) in [5, 5.41) is 0. The van der Waals surface area contributed by atoms with Crippen LogP contribution in [0.5, 0.6) is 0 Å². The Labute approximate surface area is 120 Å². The van der Waals surface area contributed by atoms with Crippen LogP contribution in [-0.4, -0.2) is 43.5 Å². The van der Waals surface area contributed by atoms with Crippen molar-refractivity contribution < 1.29 is 9.47 Å². The summed E-state index contributed by atoms with van der Waals surface area (Å²) in [7, 11) is 0. The average Bonchev–Trinajstić information content (AvgIpc) is 2.36. The summed E-state index contributed by atoms with van der Waals surface area (Å²) in [6.45, 7) is 16.9. The molecule has 0 saturated heterocycles. The molecule has 0 heterocycles. The summed E-state index contributed by atoms with van der Waals surface area (Å²) in [5.74, 6) is 0.707. The van der Waals surface area contributed by atoms with Crippen molar-refractivity contribution in [3.05, 3.63) is 0 Å². The second kappa shape index (κ2) is 11.7. The van der Waals surface area contributed by atoms with E-state index in [2.05, 4.69) is 32.6 Å². The van der Waals surface area contributed by atoms with Crippen molar-refractivity contribution in [3.63, 3.8) is 0 Å². The van der Waals surface area contributed by atoms with E-state index in [0.717, 1.165) is 32.7 Å². The van der Waals surface area contributed by atoms with Crippen LogP contribution in [0.2, 0.25) is 0 Å². The van der Waals surface area contributed by atoms with Crippen molar-refractivity contribution >= 4 is 0 Å². The minimum Gasteiger partial charge on any atom is -0.353 e. The van der Waals surface area contributed by atoms with Crippen LogP contribution >= 0.6 is 0 Å². The highest BCUT2D eigenvalue weighted by Crippen LogP contribution is 2.14. The van der Waals surface area contributed by atoms with Crippen LogP contribution in [0.4, 0.5) is 0 Å². The third-order valence-electron chi connectivity index (χ3n) is 3.42. The molecule has 0 aliphatic carbocycles. The van der Waals surface area contributed by atoms with Gasteiger partial charge in [0.2, 0.25) is 0 Å². The Balaban J connectivity index is 4.35. The lowest BCUT2D eigenvalue weighted by Crippen LogP contribution is -2.39. The van der Waals surface area contributed by atoms with Gasteiger partial charge < -0.3 is 9.47 Å². The molecule has 0 fully saturated rings. The smallest absolute Gasteiger partial charge is 0.158 e. The first-order valence-corrected chi connectivity index (χ1v) is 8.06. The van der Waals surface area contributed by atoms with Gasteiger partial charge in [-0.05, 0) is 32.6 Å².